The van der Waals surface area contributed by atoms with Crippen LogP contribution in [0.25, 0.3) is 0 Å². The molecule has 0 aromatic heterocycles. The molecule has 1 aromatic carbocycles. The summed E-state index contributed by atoms with van der Waals surface area (Å²) in [7, 11) is -3.51. The van der Waals surface area contributed by atoms with Crippen molar-refractivity contribution in [2.45, 2.75) is 25.6 Å². The standard InChI is InChI=1S/C14H19NO5S/c1-21(17,18)20-13-8-5-9-15(10-13)14(16)19-11-12-6-3-2-4-7-12/h2-4,6-7,13H,5,8-11H2,1H3. The van der Waals surface area contributed by atoms with Gasteiger partial charge in [0.2, 0.25) is 0 Å². The minimum atomic E-state index is -3.51. The van der Waals surface area contributed by atoms with Gasteiger partial charge in [-0.15, -0.1) is 0 Å². The summed E-state index contributed by atoms with van der Waals surface area (Å²) >= 11 is 0. The van der Waals surface area contributed by atoms with E-state index >= 15 is 0 Å². The van der Waals surface area contributed by atoms with E-state index in [1.54, 1.807) is 0 Å². The first-order chi connectivity index (χ1) is 9.94. The smallest absolute Gasteiger partial charge is 0.410 e. The van der Waals surface area contributed by atoms with Crippen molar-refractivity contribution in [2.24, 2.45) is 0 Å². The fraction of sp³-hybridized carbons (Fsp3) is 0.500. The SMILES string of the molecule is CS(=O)(=O)OC1CCCN(C(=O)OCc2ccccc2)C1. The number of carbonyl (C=O) groups excluding carboxylic acids is 1. The Balaban J connectivity index is 1.84. The van der Waals surface area contributed by atoms with Crippen molar-refractivity contribution in [3.8, 4) is 0 Å². The third kappa shape index (κ3) is 5.35. The highest BCUT2D eigenvalue weighted by Crippen LogP contribution is 2.16. The Labute approximate surface area is 124 Å². The van der Waals surface area contributed by atoms with Crippen LogP contribution in [0.2, 0.25) is 0 Å². The largest absolute Gasteiger partial charge is 0.445 e. The van der Waals surface area contributed by atoms with Crippen LogP contribution in [0.4, 0.5) is 4.79 Å². The van der Waals surface area contributed by atoms with E-state index in [1.807, 2.05) is 30.3 Å². The molecule has 116 valence electrons. The van der Waals surface area contributed by atoms with Crippen LogP contribution in [0.15, 0.2) is 30.3 Å². The maximum atomic E-state index is 12.0. The molecule has 1 aromatic rings. The maximum absolute atomic E-state index is 12.0. The van der Waals surface area contributed by atoms with Gasteiger partial charge in [-0.2, -0.15) is 8.42 Å². The number of ether oxygens (including phenoxy) is 1. The van der Waals surface area contributed by atoms with Crippen molar-refractivity contribution in [3.05, 3.63) is 35.9 Å². The summed E-state index contributed by atoms with van der Waals surface area (Å²) in [5.74, 6) is 0. The van der Waals surface area contributed by atoms with Crippen LogP contribution in [-0.4, -0.2) is 44.9 Å². The highest BCUT2D eigenvalue weighted by molar-refractivity contribution is 7.86. The number of hydrogen-bond donors (Lipinski definition) is 0. The molecule has 1 amide bonds. The van der Waals surface area contributed by atoms with E-state index in [1.165, 1.54) is 4.90 Å². The van der Waals surface area contributed by atoms with Gasteiger partial charge in [0, 0.05) is 6.54 Å². The second kappa shape index (κ2) is 6.91. The Bertz CT molecular complexity index is 572. The Morgan fingerprint density at radius 2 is 2.05 bits per heavy atom. The van der Waals surface area contributed by atoms with Crippen LogP contribution in [-0.2, 0) is 25.6 Å². The average molecular weight is 313 g/mol. The summed E-state index contributed by atoms with van der Waals surface area (Å²) in [5.41, 5.74) is 0.909. The molecule has 1 unspecified atom stereocenters. The van der Waals surface area contributed by atoms with Gasteiger partial charge in [0.05, 0.1) is 18.9 Å². The van der Waals surface area contributed by atoms with Crippen molar-refractivity contribution in [1.29, 1.82) is 0 Å². The van der Waals surface area contributed by atoms with E-state index in [0.717, 1.165) is 11.8 Å². The molecule has 1 heterocycles. The van der Waals surface area contributed by atoms with Crippen molar-refractivity contribution in [2.75, 3.05) is 19.3 Å². The summed E-state index contributed by atoms with van der Waals surface area (Å²) < 4.78 is 32.4. The van der Waals surface area contributed by atoms with Gasteiger partial charge in [-0.1, -0.05) is 30.3 Å². The molecule has 1 aliphatic rings. The van der Waals surface area contributed by atoms with Crippen molar-refractivity contribution < 1.29 is 22.1 Å². The number of carbonyl (C=O) groups is 1. The van der Waals surface area contributed by atoms with Gasteiger partial charge >= 0.3 is 6.09 Å². The normalized spacial score (nSPS) is 19.3. The number of hydrogen-bond acceptors (Lipinski definition) is 5. The second-order valence-corrected chi connectivity index (χ2v) is 6.65. The number of piperidine rings is 1. The Morgan fingerprint density at radius 3 is 2.71 bits per heavy atom. The lowest BCUT2D eigenvalue weighted by molar-refractivity contribution is 0.0574. The van der Waals surface area contributed by atoms with Crippen LogP contribution in [0.1, 0.15) is 18.4 Å². The third-order valence-corrected chi connectivity index (χ3v) is 3.77. The van der Waals surface area contributed by atoms with Gasteiger partial charge in [-0.3, -0.25) is 4.18 Å². The number of benzene rings is 1. The lowest BCUT2D eigenvalue weighted by Gasteiger charge is -2.31. The highest BCUT2D eigenvalue weighted by Gasteiger charge is 2.27. The molecule has 0 N–H and O–H groups in total. The zero-order valence-electron chi connectivity index (χ0n) is 11.9. The molecule has 0 bridgehead atoms. The van der Waals surface area contributed by atoms with E-state index in [4.69, 9.17) is 8.92 Å². The van der Waals surface area contributed by atoms with Gasteiger partial charge in [0.15, 0.2) is 0 Å². The maximum Gasteiger partial charge on any atom is 0.410 e. The van der Waals surface area contributed by atoms with Crippen LogP contribution >= 0.6 is 0 Å². The fourth-order valence-corrected chi connectivity index (χ4v) is 2.89. The molecular weight excluding hydrogens is 294 g/mol. The summed E-state index contributed by atoms with van der Waals surface area (Å²) in [4.78, 5) is 13.5. The zero-order chi connectivity index (χ0) is 15.3. The van der Waals surface area contributed by atoms with Crippen LogP contribution < -0.4 is 0 Å². The minimum absolute atomic E-state index is 0.202. The monoisotopic (exact) mass is 313 g/mol. The van der Waals surface area contributed by atoms with E-state index in [2.05, 4.69) is 0 Å². The van der Waals surface area contributed by atoms with Crippen molar-refractivity contribution >= 4 is 16.2 Å². The van der Waals surface area contributed by atoms with E-state index < -0.39 is 22.3 Å². The topological polar surface area (TPSA) is 72.9 Å². The Hall–Kier alpha value is -1.60. The van der Waals surface area contributed by atoms with Gasteiger partial charge in [0.1, 0.15) is 6.61 Å². The van der Waals surface area contributed by atoms with Crippen molar-refractivity contribution in [1.82, 2.24) is 4.90 Å². The molecule has 0 radical (unpaired) electrons. The molecule has 0 aliphatic carbocycles. The number of likely N-dealkylation sites (tertiary alicyclic amines) is 1. The Kier molecular flexibility index (Phi) is 5.19. The molecule has 0 saturated carbocycles. The molecular formula is C14H19NO5S. The van der Waals surface area contributed by atoms with Crippen LogP contribution in [0, 0.1) is 0 Å². The predicted octanol–water partition coefficient (Wildman–Crippen LogP) is 1.76. The zero-order valence-corrected chi connectivity index (χ0v) is 12.7. The molecule has 6 nitrogen and oxygen atoms in total. The van der Waals surface area contributed by atoms with E-state index in [0.29, 0.717) is 19.4 Å². The summed E-state index contributed by atoms with van der Waals surface area (Å²) in [6.45, 7) is 0.992. The Morgan fingerprint density at radius 1 is 1.33 bits per heavy atom. The number of amides is 1. The third-order valence-electron chi connectivity index (χ3n) is 3.15. The molecule has 7 heteroatoms. The summed E-state index contributed by atoms with van der Waals surface area (Å²) in [6, 6.07) is 9.39. The number of nitrogens with zero attached hydrogens (tertiary/aromatic N) is 1. The molecule has 1 atom stereocenters. The molecule has 2 rings (SSSR count). The van der Waals surface area contributed by atoms with Gasteiger partial charge < -0.3 is 9.64 Å². The highest BCUT2D eigenvalue weighted by atomic mass is 32.2. The molecule has 1 fully saturated rings. The number of rotatable bonds is 4. The average Bonchev–Trinajstić information content (AvgIpc) is 2.44. The summed E-state index contributed by atoms with van der Waals surface area (Å²) in [5, 5.41) is 0. The minimum Gasteiger partial charge on any atom is -0.445 e. The van der Waals surface area contributed by atoms with Crippen LogP contribution in [0.5, 0.6) is 0 Å². The predicted molar refractivity (Wildman–Crippen MR) is 77.2 cm³/mol. The molecule has 0 spiro atoms. The molecule has 1 saturated heterocycles. The first kappa shape index (κ1) is 15.8. The van der Waals surface area contributed by atoms with Gasteiger partial charge in [0.25, 0.3) is 10.1 Å². The fourth-order valence-electron chi connectivity index (χ4n) is 2.24. The van der Waals surface area contributed by atoms with E-state index in [-0.39, 0.29) is 13.2 Å². The van der Waals surface area contributed by atoms with E-state index in [9.17, 15) is 13.2 Å². The van der Waals surface area contributed by atoms with Gasteiger partial charge in [-0.05, 0) is 18.4 Å². The second-order valence-electron chi connectivity index (χ2n) is 5.05. The van der Waals surface area contributed by atoms with Crippen LogP contribution in [0.3, 0.4) is 0 Å². The molecule has 21 heavy (non-hydrogen) atoms. The lowest BCUT2D eigenvalue weighted by Crippen LogP contribution is -2.44. The molecule has 1 aliphatic heterocycles. The lowest BCUT2D eigenvalue weighted by atomic mass is 10.1. The van der Waals surface area contributed by atoms with Gasteiger partial charge in [-0.25, -0.2) is 4.79 Å². The summed E-state index contributed by atoms with van der Waals surface area (Å²) in [6.07, 6.45) is 1.40. The first-order valence-electron chi connectivity index (χ1n) is 6.78. The first-order valence-corrected chi connectivity index (χ1v) is 8.59. The van der Waals surface area contributed by atoms with Crippen molar-refractivity contribution in [3.63, 3.8) is 0 Å². The quantitative estimate of drug-likeness (QED) is 0.792.